The van der Waals surface area contributed by atoms with E-state index in [1.54, 1.807) is 0 Å². The van der Waals surface area contributed by atoms with Crippen LogP contribution in [0.5, 0.6) is 0 Å². The van der Waals surface area contributed by atoms with Crippen LogP contribution < -0.4 is 0 Å². The van der Waals surface area contributed by atoms with Gasteiger partial charge in [-0.05, 0) is 93.8 Å². The molecule has 3 heterocycles. The van der Waals surface area contributed by atoms with E-state index in [0.29, 0.717) is 0 Å². The number of aromatic nitrogens is 2. The maximum absolute atomic E-state index is 2.49. The molecular weight excluding hydrogens is 661 g/mol. The van der Waals surface area contributed by atoms with Crippen LogP contribution in [-0.2, 0) is 0 Å². The van der Waals surface area contributed by atoms with Crippen molar-refractivity contribution in [1.29, 1.82) is 0 Å². The molecule has 246 valence electrons. The van der Waals surface area contributed by atoms with Crippen LogP contribution in [0.2, 0.25) is 0 Å². The first-order chi connectivity index (χ1) is 26.3. The normalized spacial score (nSPS) is 12.2. The second kappa shape index (κ2) is 10.9. The Morgan fingerprint density at radius 2 is 0.943 bits per heavy atom. The smallest absolute Gasteiger partial charge is 0.0548 e. The number of fused-ring (bicyclic) bond motifs is 12. The van der Waals surface area contributed by atoms with Crippen LogP contribution in [0.25, 0.3) is 108 Å². The fourth-order valence-corrected chi connectivity index (χ4v) is 10.2. The summed E-state index contributed by atoms with van der Waals surface area (Å²) in [5, 5.41) is 12.8. The Hall–Kier alpha value is -6.68. The van der Waals surface area contributed by atoms with Crippen molar-refractivity contribution in [2.45, 2.75) is 0 Å². The zero-order chi connectivity index (χ0) is 34.6. The quantitative estimate of drug-likeness (QED) is 0.175. The molecule has 0 atom stereocenters. The number of benzene rings is 9. The van der Waals surface area contributed by atoms with Gasteiger partial charge in [-0.1, -0.05) is 115 Å². The average molecular weight is 691 g/mol. The van der Waals surface area contributed by atoms with E-state index in [4.69, 9.17) is 0 Å². The number of hydrogen-bond donors (Lipinski definition) is 0. The van der Waals surface area contributed by atoms with Gasteiger partial charge in [-0.15, -0.1) is 11.3 Å². The van der Waals surface area contributed by atoms with Gasteiger partial charge < -0.3 is 9.13 Å². The molecule has 0 radical (unpaired) electrons. The van der Waals surface area contributed by atoms with Crippen molar-refractivity contribution in [3.05, 3.63) is 182 Å². The van der Waals surface area contributed by atoms with Gasteiger partial charge in [-0.25, -0.2) is 0 Å². The first-order valence-electron chi connectivity index (χ1n) is 18.2. The van der Waals surface area contributed by atoms with E-state index in [9.17, 15) is 0 Å². The van der Waals surface area contributed by atoms with Gasteiger partial charge in [-0.2, -0.15) is 0 Å². The first kappa shape index (κ1) is 29.0. The van der Waals surface area contributed by atoms with Gasteiger partial charge >= 0.3 is 0 Å². The minimum atomic E-state index is 1.17. The number of rotatable bonds is 3. The van der Waals surface area contributed by atoms with E-state index >= 15 is 0 Å². The molecule has 0 aliphatic heterocycles. The SMILES string of the molecule is c1ccc(-c2c3ccccc3cc3c2sc2ccc(-n4c5ccccc5c5c6c7cc8ccccc8cc7n(-c7ccccc7)c6ccc54)cc23)cc1. The minimum absolute atomic E-state index is 1.17. The molecule has 2 nitrogen and oxygen atoms in total. The van der Waals surface area contributed by atoms with Crippen molar-refractivity contribution in [3.63, 3.8) is 0 Å². The molecule has 0 spiro atoms. The average Bonchev–Trinajstić information content (AvgIpc) is 3.86. The molecule has 0 unspecified atom stereocenters. The van der Waals surface area contributed by atoms with Crippen molar-refractivity contribution in [2.24, 2.45) is 0 Å². The van der Waals surface area contributed by atoms with Gasteiger partial charge in [0.1, 0.15) is 0 Å². The molecular formula is C50H30N2S. The van der Waals surface area contributed by atoms with Gasteiger partial charge in [0.2, 0.25) is 0 Å². The second-order valence-electron chi connectivity index (χ2n) is 14.1. The topological polar surface area (TPSA) is 9.86 Å². The molecule has 12 rings (SSSR count). The lowest BCUT2D eigenvalue weighted by molar-refractivity contribution is 1.18. The highest BCUT2D eigenvalue weighted by Crippen LogP contribution is 2.47. The summed E-state index contributed by atoms with van der Waals surface area (Å²) in [6.07, 6.45) is 0. The highest BCUT2D eigenvalue weighted by Gasteiger charge is 2.22. The molecule has 3 heteroatoms. The second-order valence-corrected chi connectivity index (χ2v) is 15.1. The number of para-hydroxylation sites is 2. The Morgan fingerprint density at radius 3 is 1.74 bits per heavy atom. The van der Waals surface area contributed by atoms with E-state index in [0.717, 1.165) is 0 Å². The van der Waals surface area contributed by atoms with Crippen LogP contribution >= 0.6 is 11.3 Å². The maximum Gasteiger partial charge on any atom is 0.0548 e. The van der Waals surface area contributed by atoms with Crippen molar-refractivity contribution >= 4 is 96.7 Å². The summed E-state index contributed by atoms with van der Waals surface area (Å²) in [7, 11) is 0. The molecule has 0 bridgehead atoms. The first-order valence-corrected chi connectivity index (χ1v) is 19.0. The summed E-state index contributed by atoms with van der Waals surface area (Å²) in [4.78, 5) is 0. The zero-order valence-electron chi connectivity index (χ0n) is 28.6. The fourth-order valence-electron chi connectivity index (χ4n) is 8.98. The third-order valence-corrected chi connectivity index (χ3v) is 12.4. The summed E-state index contributed by atoms with van der Waals surface area (Å²) in [6, 6.07) is 67.1. The third-order valence-electron chi connectivity index (χ3n) is 11.2. The molecule has 53 heavy (non-hydrogen) atoms. The Labute approximate surface area is 309 Å². The molecule has 0 saturated carbocycles. The van der Waals surface area contributed by atoms with E-state index < -0.39 is 0 Å². The summed E-state index contributed by atoms with van der Waals surface area (Å²) in [5.74, 6) is 0. The minimum Gasteiger partial charge on any atom is -0.309 e. The van der Waals surface area contributed by atoms with Crippen molar-refractivity contribution in [3.8, 4) is 22.5 Å². The van der Waals surface area contributed by atoms with Crippen LogP contribution in [0, 0.1) is 0 Å². The number of hydrogen-bond acceptors (Lipinski definition) is 1. The Kier molecular flexibility index (Phi) is 5.96. The Bertz CT molecular complexity index is 3440. The highest BCUT2D eigenvalue weighted by molar-refractivity contribution is 7.26. The lowest BCUT2D eigenvalue weighted by Crippen LogP contribution is -1.94. The predicted molar refractivity (Wildman–Crippen MR) is 228 cm³/mol. The van der Waals surface area contributed by atoms with E-state index in [-0.39, 0.29) is 0 Å². The molecule has 0 fully saturated rings. The molecule has 12 aromatic rings. The fraction of sp³-hybridized carbons (Fsp3) is 0. The van der Waals surface area contributed by atoms with Gasteiger partial charge in [0.25, 0.3) is 0 Å². The summed E-state index contributed by atoms with van der Waals surface area (Å²) in [5.41, 5.74) is 9.80. The largest absolute Gasteiger partial charge is 0.309 e. The Balaban J connectivity index is 1.19. The van der Waals surface area contributed by atoms with Crippen molar-refractivity contribution < 1.29 is 0 Å². The van der Waals surface area contributed by atoms with Crippen LogP contribution in [0.4, 0.5) is 0 Å². The van der Waals surface area contributed by atoms with Crippen LogP contribution in [0.3, 0.4) is 0 Å². The third kappa shape index (κ3) is 4.08. The molecule has 9 aromatic carbocycles. The Morgan fingerprint density at radius 1 is 0.340 bits per heavy atom. The molecule has 3 aromatic heterocycles. The van der Waals surface area contributed by atoms with E-state index in [1.807, 2.05) is 11.3 Å². The van der Waals surface area contributed by atoms with Gasteiger partial charge in [0, 0.05) is 58.7 Å². The van der Waals surface area contributed by atoms with Crippen molar-refractivity contribution in [2.75, 3.05) is 0 Å². The molecule has 0 amide bonds. The maximum atomic E-state index is 2.49. The van der Waals surface area contributed by atoms with E-state index in [1.165, 1.54) is 108 Å². The predicted octanol–water partition coefficient (Wildman–Crippen LogP) is 14.2. The summed E-state index contributed by atoms with van der Waals surface area (Å²) in [6.45, 7) is 0. The standard InChI is InChI=1S/C50H30N2S/c1-3-13-31(14-4-1)47-37-20-10-9-17-34(37)28-40-39-30-36(23-26-46(39)53-50(40)47)52-42-22-12-11-21-38(42)48-43(52)24-25-44-49(48)41-27-32-15-7-8-16-33(32)29-45(41)51(44)35-18-5-2-6-19-35/h1-30H. The lowest BCUT2D eigenvalue weighted by Gasteiger charge is -2.10. The van der Waals surface area contributed by atoms with Crippen molar-refractivity contribution in [1.82, 2.24) is 9.13 Å². The highest BCUT2D eigenvalue weighted by atomic mass is 32.1. The van der Waals surface area contributed by atoms with E-state index in [2.05, 4.69) is 191 Å². The van der Waals surface area contributed by atoms with Gasteiger partial charge in [0.05, 0.1) is 22.1 Å². The van der Waals surface area contributed by atoms with Crippen LogP contribution in [0.1, 0.15) is 0 Å². The van der Waals surface area contributed by atoms with Gasteiger partial charge in [0.15, 0.2) is 0 Å². The number of thiophene rings is 1. The van der Waals surface area contributed by atoms with Crippen LogP contribution in [0.15, 0.2) is 182 Å². The lowest BCUT2D eigenvalue weighted by atomic mass is 9.95. The monoisotopic (exact) mass is 690 g/mol. The zero-order valence-corrected chi connectivity index (χ0v) is 29.4. The molecule has 0 saturated heterocycles. The van der Waals surface area contributed by atoms with Gasteiger partial charge in [-0.3, -0.25) is 0 Å². The number of nitrogens with zero attached hydrogens (tertiary/aromatic N) is 2. The molecule has 0 N–H and O–H groups in total. The molecule has 0 aliphatic rings. The summed E-state index contributed by atoms with van der Waals surface area (Å²) < 4.78 is 7.57. The molecule has 0 aliphatic carbocycles. The van der Waals surface area contributed by atoms with Crippen LogP contribution in [-0.4, -0.2) is 9.13 Å². The summed E-state index contributed by atoms with van der Waals surface area (Å²) >= 11 is 1.90.